The fourth-order valence-electron chi connectivity index (χ4n) is 2.99. The number of pyridine rings is 1. The van der Waals surface area contributed by atoms with Crippen LogP contribution in [0.25, 0.3) is 0 Å². The normalized spacial score (nSPS) is 22.7. The summed E-state index contributed by atoms with van der Waals surface area (Å²) in [6, 6.07) is 5.53. The Morgan fingerprint density at radius 1 is 1.23 bits per heavy atom. The summed E-state index contributed by atoms with van der Waals surface area (Å²) >= 11 is 3.20. The second kappa shape index (κ2) is 8.11. The first-order chi connectivity index (χ1) is 12.5. The molecular weight excluding hydrogens is 405 g/mol. The lowest BCUT2D eigenvalue weighted by atomic mass is 9.90. The highest BCUT2D eigenvalue weighted by molar-refractivity contribution is 9.10. The molecule has 0 spiro atoms. The number of halogens is 2. The van der Waals surface area contributed by atoms with Crippen LogP contribution in [0.4, 0.5) is 15.8 Å². The van der Waals surface area contributed by atoms with Gasteiger partial charge in [0.05, 0.1) is 41.4 Å². The average molecular weight is 424 g/mol. The fourth-order valence-corrected chi connectivity index (χ4v) is 3.32. The van der Waals surface area contributed by atoms with Gasteiger partial charge in [0.15, 0.2) is 0 Å². The molecule has 1 amide bonds. The topological polar surface area (TPSA) is 94.5 Å². The van der Waals surface area contributed by atoms with E-state index in [9.17, 15) is 19.4 Å². The zero-order valence-electron chi connectivity index (χ0n) is 13.8. The standard InChI is InChI=1S/C18H19BrFN3O3/c19-10-4-5-13(12(20)8-10)22-15-9-21-7-6-11(15)18(26)23-14-2-1-3-16(24)17(14)25/h4-9,14,16-17,22,24-25H,1-3H2,(H,23,26)/t14-,16-,17+/m0/s1. The number of amides is 1. The molecule has 1 heterocycles. The summed E-state index contributed by atoms with van der Waals surface area (Å²) in [5.74, 6) is -0.897. The molecule has 1 aliphatic carbocycles. The summed E-state index contributed by atoms with van der Waals surface area (Å²) < 4.78 is 14.7. The fraction of sp³-hybridized carbons (Fsp3) is 0.333. The minimum atomic E-state index is -1.00. The van der Waals surface area contributed by atoms with Crippen LogP contribution in [0.2, 0.25) is 0 Å². The van der Waals surface area contributed by atoms with Crippen molar-refractivity contribution in [2.75, 3.05) is 5.32 Å². The van der Waals surface area contributed by atoms with Gasteiger partial charge in [-0.2, -0.15) is 0 Å². The Morgan fingerprint density at radius 3 is 2.81 bits per heavy atom. The molecule has 2 aromatic rings. The maximum atomic E-state index is 14.1. The Kier molecular flexibility index (Phi) is 5.85. The number of aliphatic hydroxyl groups excluding tert-OH is 2. The van der Waals surface area contributed by atoms with Gasteiger partial charge < -0.3 is 20.8 Å². The third-order valence-corrected chi connectivity index (χ3v) is 4.90. The molecule has 0 aliphatic heterocycles. The first-order valence-corrected chi connectivity index (χ1v) is 9.08. The lowest BCUT2D eigenvalue weighted by Gasteiger charge is -2.32. The van der Waals surface area contributed by atoms with Crippen molar-refractivity contribution < 1.29 is 19.4 Å². The van der Waals surface area contributed by atoms with E-state index in [4.69, 9.17) is 0 Å². The summed E-state index contributed by atoms with van der Waals surface area (Å²) in [5, 5.41) is 25.4. The van der Waals surface area contributed by atoms with Crippen LogP contribution >= 0.6 is 15.9 Å². The van der Waals surface area contributed by atoms with Crippen LogP contribution in [0.3, 0.4) is 0 Å². The molecule has 3 atom stereocenters. The number of rotatable bonds is 4. The molecule has 3 rings (SSSR count). The molecule has 6 nitrogen and oxygen atoms in total. The zero-order valence-corrected chi connectivity index (χ0v) is 15.4. The van der Waals surface area contributed by atoms with E-state index in [0.717, 1.165) is 0 Å². The number of hydrogen-bond donors (Lipinski definition) is 4. The van der Waals surface area contributed by atoms with Crippen molar-refractivity contribution in [3.8, 4) is 0 Å². The van der Waals surface area contributed by atoms with Crippen molar-refractivity contribution in [3.05, 3.63) is 52.5 Å². The molecule has 1 fully saturated rings. The predicted octanol–water partition coefficient (Wildman–Crippen LogP) is 2.73. The highest BCUT2D eigenvalue weighted by Gasteiger charge is 2.32. The molecule has 1 aromatic heterocycles. The predicted molar refractivity (Wildman–Crippen MR) is 98.7 cm³/mol. The number of carbonyl (C=O) groups is 1. The average Bonchev–Trinajstić information content (AvgIpc) is 2.62. The summed E-state index contributed by atoms with van der Waals surface area (Å²) in [4.78, 5) is 16.6. The van der Waals surface area contributed by atoms with Crippen LogP contribution in [-0.2, 0) is 0 Å². The second-order valence-corrected chi connectivity index (χ2v) is 7.15. The highest BCUT2D eigenvalue weighted by Crippen LogP contribution is 2.25. The van der Waals surface area contributed by atoms with Crippen LogP contribution in [0.15, 0.2) is 41.1 Å². The monoisotopic (exact) mass is 423 g/mol. The van der Waals surface area contributed by atoms with Crippen molar-refractivity contribution >= 4 is 33.2 Å². The van der Waals surface area contributed by atoms with Gasteiger partial charge in [-0.3, -0.25) is 9.78 Å². The van der Waals surface area contributed by atoms with Crippen molar-refractivity contribution in [2.24, 2.45) is 0 Å². The molecule has 4 N–H and O–H groups in total. The molecule has 1 aromatic carbocycles. The van der Waals surface area contributed by atoms with Gasteiger partial charge in [-0.25, -0.2) is 4.39 Å². The van der Waals surface area contributed by atoms with Gasteiger partial charge in [-0.1, -0.05) is 15.9 Å². The summed E-state index contributed by atoms with van der Waals surface area (Å²) in [5.41, 5.74) is 0.829. The molecule has 26 heavy (non-hydrogen) atoms. The Hall–Kier alpha value is -2.03. The van der Waals surface area contributed by atoms with Crippen LogP contribution < -0.4 is 10.6 Å². The number of aromatic nitrogens is 1. The zero-order chi connectivity index (χ0) is 18.7. The third kappa shape index (κ3) is 4.20. The number of benzene rings is 1. The van der Waals surface area contributed by atoms with Gasteiger partial charge in [-0.15, -0.1) is 0 Å². The number of anilines is 2. The Labute approximate surface area is 158 Å². The lowest BCUT2D eigenvalue weighted by molar-refractivity contribution is -0.0277. The molecule has 0 radical (unpaired) electrons. The second-order valence-electron chi connectivity index (χ2n) is 6.24. The first-order valence-electron chi connectivity index (χ1n) is 8.29. The van der Waals surface area contributed by atoms with Gasteiger partial charge in [0.2, 0.25) is 0 Å². The molecule has 0 saturated heterocycles. The minimum Gasteiger partial charge on any atom is -0.390 e. The van der Waals surface area contributed by atoms with Crippen LogP contribution in [0, 0.1) is 5.82 Å². The van der Waals surface area contributed by atoms with E-state index >= 15 is 0 Å². The number of aliphatic hydroxyl groups is 2. The van der Waals surface area contributed by atoms with E-state index in [1.165, 1.54) is 24.5 Å². The van der Waals surface area contributed by atoms with E-state index in [-0.39, 0.29) is 11.3 Å². The number of hydrogen-bond acceptors (Lipinski definition) is 5. The van der Waals surface area contributed by atoms with E-state index in [2.05, 4.69) is 31.5 Å². The van der Waals surface area contributed by atoms with Crippen LogP contribution in [0.1, 0.15) is 29.6 Å². The smallest absolute Gasteiger partial charge is 0.253 e. The van der Waals surface area contributed by atoms with Crippen molar-refractivity contribution in [1.82, 2.24) is 10.3 Å². The van der Waals surface area contributed by atoms with Gasteiger partial charge in [0.25, 0.3) is 5.91 Å². The van der Waals surface area contributed by atoms with Gasteiger partial charge in [0, 0.05) is 10.7 Å². The SMILES string of the molecule is O=C(N[C@H]1CCC[C@H](O)[C@@H]1O)c1ccncc1Nc1ccc(Br)cc1F. The summed E-state index contributed by atoms with van der Waals surface area (Å²) in [6.07, 6.45) is 2.86. The molecule has 1 aliphatic rings. The molecule has 0 unspecified atom stereocenters. The van der Waals surface area contributed by atoms with E-state index in [1.807, 2.05) is 0 Å². The molecule has 0 bridgehead atoms. The van der Waals surface area contributed by atoms with Gasteiger partial charge in [0.1, 0.15) is 5.82 Å². The Balaban J connectivity index is 1.79. The largest absolute Gasteiger partial charge is 0.390 e. The van der Waals surface area contributed by atoms with Crippen molar-refractivity contribution in [3.63, 3.8) is 0 Å². The maximum Gasteiger partial charge on any atom is 0.253 e. The van der Waals surface area contributed by atoms with E-state index in [1.54, 1.807) is 12.1 Å². The van der Waals surface area contributed by atoms with Crippen molar-refractivity contribution in [2.45, 2.75) is 37.5 Å². The van der Waals surface area contributed by atoms with Gasteiger partial charge >= 0.3 is 0 Å². The lowest BCUT2D eigenvalue weighted by Crippen LogP contribution is -2.51. The summed E-state index contributed by atoms with van der Waals surface area (Å²) in [6.45, 7) is 0. The van der Waals surface area contributed by atoms with Gasteiger partial charge in [-0.05, 0) is 43.5 Å². The summed E-state index contributed by atoms with van der Waals surface area (Å²) in [7, 11) is 0. The van der Waals surface area contributed by atoms with Crippen molar-refractivity contribution in [1.29, 1.82) is 0 Å². The maximum absolute atomic E-state index is 14.1. The highest BCUT2D eigenvalue weighted by atomic mass is 79.9. The molecule has 1 saturated carbocycles. The third-order valence-electron chi connectivity index (χ3n) is 4.40. The number of nitrogens with zero attached hydrogens (tertiary/aromatic N) is 1. The molecule has 8 heteroatoms. The Bertz CT molecular complexity index is 805. The van der Waals surface area contributed by atoms with Crippen LogP contribution in [0.5, 0.6) is 0 Å². The quantitative estimate of drug-likeness (QED) is 0.606. The van der Waals surface area contributed by atoms with E-state index < -0.39 is 30.0 Å². The molecular formula is C18H19BrFN3O3. The first kappa shape index (κ1) is 18.8. The van der Waals surface area contributed by atoms with Crippen LogP contribution in [-0.4, -0.2) is 39.4 Å². The number of carbonyl (C=O) groups excluding carboxylic acids is 1. The molecule has 138 valence electrons. The number of nitrogens with one attached hydrogen (secondary N) is 2. The minimum absolute atomic E-state index is 0.211. The Morgan fingerprint density at radius 2 is 2.04 bits per heavy atom. The van der Waals surface area contributed by atoms with E-state index in [0.29, 0.717) is 29.4 Å².